The van der Waals surface area contributed by atoms with Crippen LogP contribution >= 0.6 is 0 Å². The number of ether oxygens (including phenoxy) is 3. The Morgan fingerprint density at radius 2 is 1.77 bits per heavy atom. The molecule has 2 aliphatic heterocycles. The number of rotatable bonds is 12. The predicted octanol–water partition coefficient (Wildman–Crippen LogP) is 7.44. The SMILES string of the molecule is CC(C)(C)OC(=O)N[C@@H]1CCCN(Cc2ccnc(C(=O)Nc3ccc(-c4cc5c(C6CCOCC6)ncnc5n4COCC[Si](C)(C)C)cc3)c2)C1. The van der Waals surface area contributed by atoms with Gasteiger partial charge in [0.15, 0.2) is 0 Å². The standard InChI is InChI=1S/C40H55N7O5Si/c1-40(2,3)52-39(49)45-32-8-7-17-46(25-32)24-28-13-16-41-34(22-28)38(48)44-31-11-9-29(10-12-31)35-23-33-36(30-14-18-50-19-15-30)42-26-43-37(33)47(35)27-51-20-21-53(4,5)6/h9-13,16,22-23,26,30,32H,7-8,14-15,17-21,24-25,27H2,1-6H3,(H,44,48)(H,45,49)/t32-/m1/s1. The van der Waals surface area contributed by atoms with Gasteiger partial charge in [0.05, 0.1) is 11.4 Å². The van der Waals surface area contributed by atoms with Crippen molar-refractivity contribution in [2.75, 3.05) is 38.2 Å². The zero-order valence-electron chi connectivity index (χ0n) is 32.1. The van der Waals surface area contributed by atoms with Gasteiger partial charge in [-0.15, -0.1) is 0 Å². The summed E-state index contributed by atoms with van der Waals surface area (Å²) in [7, 11) is -1.24. The van der Waals surface area contributed by atoms with E-state index in [9.17, 15) is 9.59 Å². The molecule has 12 nitrogen and oxygen atoms in total. The summed E-state index contributed by atoms with van der Waals surface area (Å²) in [6, 6.07) is 14.9. The predicted molar refractivity (Wildman–Crippen MR) is 210 cm³/mol. The van der Waals surface area contributed by atoms with E-state index in [1.54, 1.807) is 12.5 Å². The number of benzene rings is 1. The van der Waals surface area contributed by atoms with Crippen molar-refractivity contribution in [3.05, 3.63) is 71.9 Å². The van der Waals surface area contributed by atoms with E-state index < -0.39 is 19.8 Å². The molecule has 0 spiro atoms. The van der Waals surface area contributed by atoms with Crippen molar-refractivity contribution in [3.63, 3.8) is 0 Å². The molecule has 0 aliphatic carbocycles. The molecule has 0 unspecified atom stereocenters. The summed E-state index contributed by atoms with van der Waals surface area (Å²) in [6.45, 7) is 17.5. The van der Waals surface area contributed by atoms with Gasteiger partial charge in [0, 0.05) is 70.2 Å². The lowest BCUT2D eigenvalue weighted by atomic mass is 9.94. The van der Waals surface area contributed by atoms with E-state index in [-0.39, 0.29) is 11.9 Å². The molecule has 284 valence electrons. The number of hydrogen-bond acceptors (Lipinski definition) is 9. The summed E-state index contributed by atoms with van der Waals surface area (Å²) < 4.78 is 19.5. The molecule has 2 saturated heterocycles. The van der Waals surface area contributed by atoms with Gasteiger partial charge in [-0.1, -0.05) is 31.8 Å². The maximum atomic E-state index is 13.4. The molecule has 6 rings (SSSR count). The van der Waals surface area contributed by atoms with Crippen molar-refractivity contribution in [2.45, 2.75) is 103 Å². The van der Waals surface area contributed by atoms with Crippen LogP contribution in [0.1, 0.15) is 74.1 Å². The lowest BCUT2D eigenvalue weighted by Crippen LogP contribution is -2.48. The average Bonchev–Trinajstić information content (AvgIpc) is 3.48. The number of anilines is 1. The molecule has 2 amide bonds. The first kappa shape index (κ1) is 38.5. The molecular weight excluding hydrogens is 687 g/mol. The zero-order valence-corrected chi connectivity index (χ0v) is 33.1. The second kappa shape index (κ2) is 16.9. The van der Waals surface area contributed by atoms with Gasteiger partial charge in [0.25, 0.3) is 5.91 Å². The topological polar surface area (TPSA) is 133 Å². The van der Waals surface area contributed by atoms with Crippen LogP contribution in [-0.2, 0) is 27.5 Å². The van der Waals surface area contributed by atoms with Crippen molar-refractivity contribution in [1.82, 2.24) is 29.7 Å². The number of fused-ring (bicyclic) bond motifs is 1. The second-order valence-electron chi connectivity index (χ2n) is 16.5. The molecule has 1 aromatic carbocycles. The molecule has 4 aromatic rings. The Bertz CT molecular complexity index is 1860. The van der Waals surface area contributed by atoms with E-state index in [2.05, 4.69) is 50.8 Å². The van der Waals surface area contributed by atoms with Crippen molar-refractivity contribution in [1.29, 1.82) is 0 Å². The highest BCUT2D eigenvalue weighted by Crippen LogP contribution is 2.35. The van der Waals surface area contributed by atoms with Crippen LogP contribution in [0.5, 0.6) is 0 Å². The van der Waals surface area contributed by atoms with E-state index in [4.69, 9.17) is 24.2 Å². The first-order valence-corrected chi connectivity index (χ1v) is 22.6. The van der Waals surface area contributed by atoms with Crippen molar-refractivity contribution >= 4 is 36.8 Å². The number of aromatic nitrogens is 4. The molecular formula is C40H55N7O5Si. The van der Waals surface area contributed by atoms with Gasteiger partial charge in [-0.2, -0.15) is 0 Å². The van der Waals surface area contributed by atoms with E-state index in [0.717, 1.165) is 85.0 Å². The van der Waals surface area contributed by atoms with Crippen LogP contribution in [0.25, 0.3) is 22.3 Å². The number of carbonyl (C=O) groups is 2. The van der Waals surface area contributed by atoms with Crippen LogP contribution in [0, 0.1) is 0 Å². The van der Waals surface area contributed by atoms with Crippen molar-refractivity contribution in [2.24, 2.45) is 0 Å². The van der Waals surface area contributed by atoms with Gasteiger partial charge in [0.2, 0.25) is 0 Å². The van der Waals surface area contributed by atoms with Gasteiger partial charge in [-0.3, -0.25) is 14.7 Å². The molecule has 1 atom stereocenters. The summed E-state index contributed by atoms with van der Waals surface area (Å²) in [4.78, 5) is 41.9. The highest BCUT2D eigenvalue weighted by Gasteiger charge is 2.26. The van der Waals surface area contributed by atoms with Gasteiger partial charge in [0.1, 0.15) is 30.0 Å². The first-order chi connectivity index (χ1) is 25.3. The van der Waals surface area contributed by atoms with Gasteiger partial charge >= 0.3 is 6.09 Å². The highest BCUT2D eigenvalue weighted by molar-refractivity contribution is 6.76. The maximum absolute atomic E-state index is 13.4. The van der Waals surface area contributed by atoms with Crippen LogP contribution in [0.4, 0.5) is 10.5 Å². The number of nitrogens with one attached hydrogen (secondary N) is 2. The average molecular weight is 742 g/mol. The maximum Gasteiger partial charge on any atom is 0.407 e. The smallest absolute Gasteiger partial charge is 0.407 e. The minimum absolute atomic E-state index is 0.0110. The monoisotopic (exact) mass is 741 g/mol. The molecule has 0 radical (unpaired) electrons. The molecule has 2 N–H and O–H groups in total. The second-order valence-corrected chi connectivity index (χ2v) is 22.1. The van der Waals surface area contributed by atoms with Crippen LogP contribution in [0.3, 0.4) is 0 Å². The Kier molecular flexibility index (Phi) is 12.3. The van der Waals surface area contributed by atoms with Gasteiger partial charge in [-0.25, -0.2) is 14.8 Å². The van der Waals surface area contributed by atoms with Crippen molar-refractivity contribution < 1.29 is 23.8 Å². The number of amides is 2. The third kappa shape index (κ3) is 10.7. The van der Waals surface area contributed by atoms with Gasteiger partial charge < -0.3 is 29.4 Å². The van der Waals surface area contributed by atoms with E-state index in [1.807, 2.05) is 57.2 Å². The van der Waals surface area contributed by atoms with Crippen molar-refractivity contribution in [3.8, 4) is 11.3 Å². The van der Waals surface area contributed by atoms with Crippen LogP contribution in [-0.4, -0.2) is 89.0 Å². The molecule has 2 aliphatic rings. The Labute approximate surface area is 314 Å². The Morgan fingerprint density at radius 1 is 1.00 bits per heavy atom. The molecule has 5 heterocycles. The third-order valence-electron chi connectivity index (χ3n) is 9.67. The number of pyridine rings is 1. The number of piperidine rings is 1. The molecule has 0 bridgehead atoms. The molecule has 53 heavy (non-hydrogen) atoms. The van der Waals surface area contributed by atoms with Crippen LogP contribution in [0.15, 0.2) is 55.0 Å². The molecule has 2 fully saturated rings. The van der Waals surface area contributed by atoms with E-state index in [1.165, 1.54) is 0 Å². The lowest BCUT2D eigenvalue weighted by Gasteiger charge is -2.33. The quantitative estimate of drug-likeness (QED) is 0.112. The highest BCUT2D eigenvalue weighted by atomic mass is 28.3. The fourth-order valence-electron chi connectivity index (χ4n) is 6.95. The summed E-state index contributed by atoms with van der Waals surface area (Å²) in [5.74, 6) is 0.0531. The minimum atomic E-state index is -1.24. The van der Waals surface area contributed by atoms with E-state index in [0.29, 0.717) is 43.7 Å². The normalized spacial score (nSPS) is 17.5. The minimum Gasteiger partial charge on any atom is -0.444 e. The first-order valence-electron chi connectivity index (χ1n) is 18.9. The number of carbonyl (C=O) groups excluding carboxylic acids is 2. The number of hydrogen-bond donors (Lipinski definition) is 2. The Balaban J connectivity index is 1.13. The fraction of sp³-hybridized carbons (Fsp3) is 0.525. The van der Waals surface area contributed by atoms with Gasteiger partial charge in [-0.05, 0) is 101 Å². The Hall–Kier alpha value is -4.17. The summed E-state index contributed by atoms with van der Waals surface area (Å²) >= 11 is 0. The third-order valence-corrected chi connectivity index (χ3v) is 11.4. The number of nitrogens with zero attached hydrogens (tertiary/aromatic N) is 5. The van der Waals surface area contributed by atoms with Crippen LogP contribution < -0.4 is 10.6 Å². The van der Waals surface area contributed by atoms with Crippen LogP contribution in [0.2, 0.25) is 25.7 Å². The molecule has 3 aromatic heterocycles. The summed E-state index contributed by atoms with van der Waals surface area (Å²) in [5, 5.41) is 7.08. The Morgan fingerprint density at radius 3 is 2.51 bits per heavy atom. The molecule has 13 heteroatoms. The number of alkyl carbamates (subject to hydrolysis) is 1. The fourth-order valence-corrected chi connectivity index (χ4v) is 7.70. The van der Waals surface area contributed by atoms with E-state index >= 15 is 0 Å². The summed E-state index contributed by atoms with van der Waals surface area (Å²) in [5.41, 5.74) is 5.40. The molecule has 0 saturated carbocycles. The number of likely N-dealkylation sites (tertiary alicyclic amines) is 1. The zero-order chi connectivity index (χ0) is 37.6. The summed E-state index contributed by atoms with van der Waals surface area (Å²) in [6.07, 6.45) is 6.71. The largest absolute Gasteiger partial charge is 0.444 e. The lowest BCUT2D eigenvalue weighted by molar-refractivity contribution is 0.0470.